The van der Waals surface area contributed by atoms with Gasteiger partial charge in [0.15, 0.2) is 0 Å². The zero-order valence-electron chi connectivity index (χ0n) is 11.2. The molecule has 0 unspecified atom stereocenters. The van der Waals surface area contributed by atoms with Crippen LogP contribution in [0.25, 0.3) is 0 Å². The van der Waals surface area contributed by atoms with Crippen LogP contribution in [0.2, 0.25) is 0 Å². The van der Waals surface area contributed by atoms with Crippen LogP contribution in [0.1, 0.15) is 12.6 Å². The fourth-order valence-electron chi connectivity index (χ4n) is 1.64. The van der Waals surface area contributed by atoms with Crippen molar-refractivity contribution in [2.24, 2.45) is 0 Å². The van der Waals surface area contributed by atoms with Gasteiger partial charge in [0.1, 0.15) is 0 Å². The molecule has 0 aliphatic heterocycles. The number of nitrogens with zero attached hydrogens (tertiary/aromatic N) is 1. The van der Waals surface area contributed by atoms with Crippen LogP contribution in [0.4, 0.5) is 0 Å². The molecule has 2 N–H and O–H groups in total. The Balaban J connectivity index is 2.93. The fourth-order valence-corrected chi connectivity index (χ4v) is 3.04. The molecule has 1 rings (SSSR count). The zero-order chi connectivity index (χ0) is 14.3. The van der Waals surface area contributed by atoms with Gasteiger partial charge in [-0.25, -0.2) is 8.42 Å². The predicted octanol–water partition coefficient (Wildman–Crippen LogP) is 1.49. The van der Waals surface area contributed by atoms with Crippen molar-refractivity contribution in [1.29, 1.82) is 0 Å². The highest BCUT2D eigenvalue weighted by atomic mass is 32.2. The van der Waals surface area contributed by atoms with Gasteiger partial charge in [-0.05, 0) is 12.6 Å². The maximum atomic E-state index is 12.4. The molecule has 0 radical (unpaired) electrons. The van der Waals surface area contributed by atoms with Crippen molar-refractivity contribution in [2.45, 2.75) is 18.4 Å². The largest absolute Gasteiger partial charge is 0.363 e. The number of hydrogen-bond donors (Lipinski definition) is 2. The topological polar surface area (TPSA) is 65.2 Å². The van der Waals surface area contributed by atoms with Gasteiger partial charge in [-0.1, -0.05) is 19.1 Å². The Morgan fingerprint density at radius 1 is 1.37 bits per heavy atom. The van der Waals surface area contributed by atoms with Crippen LogP contribution in [-0.4, -0.2) is 37.3 Å². The van der Waals surface area contributed by atoms with Crippen LogP contribution in [0.5, 0.6) is 0 Å². The first-order valence-corrected chi connectivity index (χ1v) is 7.60. The van der Waals surface area contributed by atoms with Crippen LogP contribution in [0.15, 0.2) is 42.5 Å². The monoisotopic (exact) mass is 283 g/mol. The van der Waals surface area contributed by atoms with Crippen LogP contribution in [-0.2, 0) is 16.6 Å². The van der Waals surface area contributed by atoms with E-state index in [-0.39, 0.29) is 18.0 Å². The summed E-state index contributed by atoms with van der Waals surface area (Å²) in [4.78, 5) is 3.23. The minimum Gasteiger partial charge on any atom is -0.363 e. The zero-order valence-corrected chi connectivity index (χ0v) is 12.0. The number of aromatic nitrogens is 1. The lowest BCUT2D eigenvalue weighted by atomic mass is 10.4. The average molecular weight is 283 g/mol. The molecule has 0 aliphatic carbocycles. The number of hydrogen-bond acceptors (Lipinski definition) is 3. The highest BCUT2D eigenvalue weighted by Crippen LogP contribution is 2.16. The Labute approximate surface area is 115 Å². The van der Waals surface area contributed by atoms with E-state index >= 15 is 0 Å². The number of aromatic amines is 1. The highest BCUT2D eigenvalue weighted by Gasteiger charge is 2.23. The van der Waals surface area contributed by atoms with E-state index in [2.05, 4.69) is 23.5 Å². The Bertz CT molecular complexity index is 510. The Kier molecular flexibility index (Phi) is 6.01. The van der Waals surface area contributed by atoms with Crippen molar-refractivity contribution in [1.82, 2.24) is 14.6 Å². The SMILES string of the molecule is C=CCN(CC=C)S(=O)(=O)c1c[nH]c(CNCC)c1. The molecule has 0 atom stereocenters. The highest BCUT2D eigenvalue weighted by molar-refractivity contribution is 7.89. The minimum absolute atomic E-state index is 0.266. The second-order valence-corrected chi connectivity index (χ2v) is 5.98. The molecule has 1 heterocycles. The first kappa shape index (κ1) is 15.7. The Hall–Kier alpha value is -1.37. The molecule has 1 aromatic heterocycles. The molecule has 6 heteroatoms. The maximum absolute atomic E-state index is 12.4. The molecule has 0 amide bonds. The van der Waals surface area contributed by atoms with Crippen molar-refractivity contribution in [3.05, 3.63) is 43.3 Å². The number of nitrogens with one attached hydrogen (secondary N) is 2. The van der Waals surface area contributed by atoms with E-state index in [1.54, 1.807) is 18.2 Å². The van der Waals surface area contributed by atoms with E-state index in [1.807, 2.05) is 6.92 Å². The van der Waals surface area contributed by atoms with Gasteiger partial charge in [-0.3, -0.25) is 0 Å². The summed E-state index contributed by atoms with van der Waals surface area (Å²) in [5.41, 5.74) is 0.845. The van der Waals surface area contributed by atoms with Crippen LogP contribution < -0.4 is 5.32 Å². The third-order valence-electron chi connectivity index (χ3n) is 2.59. The summed E-state index contributed by atoms with van der Waals surface area (Å²) in [6.45, 7) is 11.1. The van der Waals surface area contributed by atoms with Gasteiger partial charge in [0, 0.05) is 31.5 Å². The second kappa shape index (κ2) is 7.28. The summed E-state index contributed by atoms with van der Waals surface area (Å²) in [6.07, 6.45) is 4.64. The number of sulfonamides is 1. The average Bonchev–Trinajstić information content (AvgIpc) is 2.85. The van der Waals surface area contributed by atoms with E-state index in [0.717, 1.165) is 12.2 Å². The lowest BCUT2D eigenvalue weighted by Gasteiger charge is -2.17. The molecular formula is C13H21N3O2S. The third-order valence-corrected chi connectivity index (χ3v) is 4.39. The molecule has 0 saturated heterocycles. The summed E-state index contributed by atoms with van der Waals surface area (Å²) in [7, 11) is -3.50. The predicted molar refractivity (Wildman–Crippen MR) is 77.3 cm³/mol. The summed E-state index contributed by atoms with van der Waals surface area (Å²) < 4.78 is 26.1. The van der Waals surface area contributed by atoms with Gasteiger partial charge >= 0.3 is 0 Å². The number of rotatable bonds is 9. The quantitative estimate of drug-likeness (QED) is 0.675. The molecule has 0 fully saturated rings. The van der Waals surface area contributed by atoms with Crippen LogP contribution in [0, 0.1) is 0 Å². The van der Waals surface area contributed by atoms with Crippen molar-refractivity contribution in [3.8, 4) is 0 Å². The second-order valence-electron chi connectivity index (χ2n) is 4.04. The first-order valence-electron chi connectivity index (χ1n) is 6.16. The molecule has 19 heavy (non-hydrogen) atoms. The fraction of sp³-hybridized carbons (Fsp3) is 0.385. The van der Waals surface area contributed by atoms with Crippen molar-refractivity contribution >= 4 is 10.0 Å². The molecule has 0 aromatic carbocycles. The van der Waals surface area contributed by atoms with Gasteiger partial charge in [0.05, 0.1) is 4.90 Å². The van der Waals surface area contributed by atoms with Gasteiger partial charge < -0.3 is 10.3 Å². The standard InChI is InChI=1S/C13H21N3O2S/c1-4-7-16(8-5-2)19(17,18)13-9-12(15-11-13)10-14-6-3/h4-5,9,11,14-15H,1-2,6-8,10H2,3H3. The van der Waals surface area contributed by atoms with E-state index in [0.29, 0.717) is 6.54 Å². The van der Waals surface area contributed by atoms with E-state index < -0.39 is 10.0 Å². The van der Waals surface area contributed by atoms with Crippen molar-refractivity contribution in [3.63, 3.8) is 0 Å². The summed E-state index contributed by atoms with van der Waals surface area (Å²) in [6, 6.07) is 1.65. The van der Waals surface area contributed by atoms with Gasteiger partial charge in [-0.15, -0.1) is 13.2 Å². The molecule has 1 aromatic rings. The minimum atomic E-state index is -3.50. The molecule has 106 valence electrons. The molecular weight excluding hydrogens is 262 g/mol. The normalized spacial score (nSPS) is 11.7. The van der Waals surface area contributed by atoms with Crippen LogP contribution in [0.3, 0.4) is 0 Å². The first-order chi connectivity index (χ1) is 9.06. The summed E-state index contributed by atoms with van der Waals surface area (Å²) in [5.74, 6) is 0. The molecule has 0 bridgehead atoms. The third kappa shape index (κ3) is 4.05. The van der Waals surface area contributed by atoms with Crippen LogP contribution >= 0.6 is 0 Å². The molecule has 0 spiro atoms. The van der Waals surface area contributed by atoms with Crippen molar-refractivity contribution in [2.75, 3.05) is 19.6 Å². The number of H-pyrrole nitrogens is 1. The lowest BCUT2D eigenvalue weighted by Crippen LogP contribution is -2.31. The summed E-state index contributed by atoms with van der Waals surface area (Å²) in [5, 5.41) is 3.14. The Morgan fingerprint density at radius 3 is 2.53 bits per heavy atom. The molecule has 0 aliphatic rings. The van der Waals surface area contributed by atoms with Gasteiger partial charge in [0.25, 0.3) is 0 Å². The van der Waals surface area contributed by atoms with E-state index in [9.17, 15) is 8.42 Å². The van der Waals surface area contributed by atoms with Crippen molar-refractivity contribution < 1.29 is 8.42 Å². The van der Waals surface area contributed by atoms with E-state index in [4.69, 9.17) is 0 Å². The smallest absolute Gasteiger partial charge is 0.245 e. The lowest BCUT2D eigenvalue weighted by molar-refractivity contribution is 0.474. The van der Waals surface area contributed by atoms with Gasteiger partial charge in [-0.2, -0.15) is 4.31 Å². The molecule has 5 nitrogen and oxygen atoms in total. The van der Waals surface area contributed by atoms with Gasteiger partial charge in [0.2, 0.25) is 10.0 Å². The maximum Gasteiger partial charge on any atom is 0.245 e. The molecule has 0 saturated carbocycles. The summed E-state index contributed by atoms with van der Waals surface area (Å²) >= 11 is 0. The van der Waals surface area contributed by atoms with E-state index in [1.165, 1.54) is 10.5 Å². The Morgan fingerprint density at radius 2 is 2.00 bits per heavy atom.